The number of rotatable bonds is 26. The normalized spacial score (nSPS) is 21.6. The lowest BCUT2D eigenvalue weighted by Crippen LogP contribution is -3.13. The Bertz CT molecular complexity index is 559. The van der Waals surface area contributed by atoms with Gasteiger partial charge in [-0.15, -0.1) is 0 Å². The number of likely N-dealkylation sites (tertiary alicyclic amines) is 2. The summed E-state index contributed by atoms with van der Waals surface area (Å²) in [5.41, 5.74) is 1.53. The third-order valence-electron chi connectivity index (χ3n) is 9.85. The molecule has 0 aliphatic carbocycles. The summed E-state index contributed by atoms with van der Waals surface area (Å²) in [5, 5.41) is 3.85. The van der Waals surface area contributed by atoms with Gasteiger partial charge in [0.1, 0.15) is 0 Å². The Morgan fingerprint density at radius 1 is 0.550 bits per heavy atom. The van der Waals surface area contributed by atoms with Crippen LogP contribution in [0.25, 0.3) is 0 Å². The molecule has 40 heavy (non-hydrogen) atoms. The molecule has 2 rings (SSSR count). The Morgan fingerprint density at radius 3 is 1.55 bits per heavy atom. The molecule has 0 bridgehead atoms. The number of nitrogens with one attached hydrogen (secondary N) is 3. The smallest absolute Gasteiger partial charge is 0.0823 e. The van der Waals surface area contributed by atoms with Gasteiger partial charge in [0.05, 0.1) is 39.3 Å². The molecule has 3 N–H and O–H groups in total. The van der Waals surface area contributed by atoms with E-state index in [9.17, 15) is 0 Å². The fraction of sp³-hybridized carbons (Fsp3) is 0.972. The molecule has 0 unspecified atom stereocenters. The zero-order chi connectivity index (χ0) is 28.4. The molecule has 4 nitrogen and oxygen atoms in total. The van der Waals surface area contributed by atoms with Gasteiger partial charge in [0.2, 0.25) is 0 Å². The van der Waals surface area contributed by atoms with Crippen LogP contribution >= 0.6 is 0 Å². The largest absolute Gasteiger partial charge is 0.335 e. The lowest BCUT2D eigenvalue weighted by molar-refractivity contribution is -0.905. The Kier molecular flexibility index (Phi) is 23.4. The molecule has 2 saturated heterocycles. The second kappa shape index (κ2) is 26.2. The quantitative estimate of drug-likeness (QED) is 0.102. The van der Waals surface area contributed by atoms with E-state index in [1.807, 2.05) is 9.80 Å². The number of quaternary nitrogens is 2. The molecule has 0 amide bonds. The fourth-order valence-corrected chi connectivity index (χ4v) is 6.93. The van der Waals surface area contributed by atoms with Crippen LogP contribution in [0.4, 0.5) is 0 Å². The molecular formula is C36H74N4+2. The summed E-state index contributed by atoms with van der Waals surface area (Å²) in [4.78, 5) is 8.67. The first-order valence-corrected chi connectivity index (χ1v) is 18.7. The molecule has 2 fully saturated rings. The van der Waals surface area contributed by atoms with Crippen molar-refractivity contribution in [2.75, 3.05) is 52.4 Å². The molecule has 0 aromatic carbocycles. The van der Waals surface area contributed by atoms with Gasteiger partial charge in [-0.05, 0) is 45.1 Å². The van der Waals surface area contributed by atoms with Crippen molar-refractivity contribution in [3.8, 4) is 0 Å². The van der Waals surface area contributed by atoms with E-state index in [0.717, 1.165) is 12.6 Å². The van der Waals surface area contributed by atoms with E-state index in [1.165, 1.54) is 206 Å². The van der Waals surface area contributed by atoms with Crippen molar-refractivity contribution in [1.82, 2.24) is 5.32 Å². The summed E-state index contributed by atoms with van der Waals surface area (Å²) in [6.45, 7) is 15.2. The van der Waals surface area contributed by atoms with Crippen molar-refractivity contribution >= 4 is 5.71 Å². The average Bonchev–Trinajstić information content (AvgIpc) is 2.98. The van der Waals surface area contributed by atoms with E-state index in [1.54, 1.807) is 0 Å². The van der Waals surface area contributed by atoms with E-state index in [0.29, 0.717) is 0 Å². The highest BCUT2D eigenvalue weighted by atomic mass is 15.1. The van der Waals surface area contributed by atoms with Crippen molar-refractivity contribution in [2.45, 2.75) is 174 Å². The van der Waals surface area contributed by atoms with Gasteiger partial charge in [-0.3, -0.25) is 4.99 Å². The van der Waals surface area contributed by atoms with Gasteiger partial charge in [0, 0.05) is 44.0 Å². The van der Waals surface area contributed by atoms with Gasteiger partial charge < -0.3 is 15.1 Å². The summed E-state index contributed by atoms with van der Waals surface area (Å²) in [7, 11) is 0. The summed E-state index contributed by atoms with van der Waals surface area (Å²) >= 11 is 0. The van der Waals surface area contributed by atoms with Crippen molar-refractivity contribution in [1.29, 1.82) is 0 Å². The Balaban J connectivity index is 1.29. The minimum absolute atomic E-state index is 0.807. The maximum Gasteiger partial charge on any atom is 0.0823 e. The van der Waals surface area contributed by atoms with Crippen LogP contribution in [0.2, 0.25) is 0 Å². The number of hydrogen-bond acceptors (Lipinski definition) is 2. The summed E-state index contributed by atoms with van der Waals surface area (Å²) in [6.07, 6.45) is 33.7. The SMILES string of the molecule is CCCCCCCCN=C1CC[NH+](CCCCCCCCCC[NH+]2CCC(NCCCCCCCC)CC2)CC1. The van der Waals surface area contributed by atoms with E-state index in [2.05, 4.69) is 19.2 Å². The number of piperidine rings is 2. The molecule has 0 saturated carbocycles. The topological polar surface area (TPSA) is 33.3 Å². The molecule has 0 spiro atoms. The number of unbranched alkanes of at least 4 members (excludes halogenated alkanes) is 17. The summed E-state index contributed by atoms with van der Waals surface area (Å²) in [5.74, 6) is 0. The predicted octanol–water partition coefficient (Wildman–Crippen LogP) is 6.58. The van der Waals surface area contributed by atoms with E-state index in [-0.39, 0.29) is 0 Å². The Hall–Kier alpha value is -0.450. The summed E-state index contributed by atoms with van der Waals surface area (Å²) in [6, 6.07) is 0.807. The monoisotopic (exact) mass is 563 g/mol. The molecular weight excluding hydrogens is 488 g/mol. The lowest BCUT2D eigenvalue weighted by atomic mass is 10.0. The van der Waals surface area contributed by atoms with Gasteiger partial charge in [-0.25, -0.2) is 0 Å². The van der Waals surface area contributed by atoms with Crippen LogP contribution in [0, 0.1) is 0 Å². The highest BCUT2D eigenvalue weighted by Gasteiger charge is 2.21. The highest BCUT2D eigenvalue weighted by molar-refractivity contribution is 5.85. The first-order valence-electron chi connectivity index (χ1n) is 18.7. The predicted molar refractivity (Wildman–Crippen MR) is 177 cm³/mol. The van der Waals surface area contributed by atoms with Gasteiger partial charge in [0.25, 0.3) is 0 Å². The fourth-order valence-electron chi connectivity index (χ4n) is 6.93. The molecule has 0 atom stereocenters. The van der Waals surface area contributed by atoms with E-state index in [4.69, 9.17) is 4.99 Å². The van der Waals surface area contributed by atoms with Crippen LogP contribution in [-0.2, 0) is 0 Å². The van der Waals surface area contributed by atoms with Crippen LogP contribution in [0.15, 0.2) is 4.99 Å². The number of aliphatic imine (C=N–C) groups is 1. The Labute approximate surface area is 251 Å². The number of nitrogens with zero attached hydrogens (tertiary/aromatic N) is 1. The van der Waals surface area contributed by atoms with E-state index >= 15 is 0 Å². The molecule has 0 aromatic heterocycles. The number of hydrogen-bond donors (Lipinski definition) is 3. The molecule has 236 valence electrons. The molecule has 2 aliphatic heterocycles. The van der Waals surface area contributed by atoms with Crippen molar-refractivity contribution < 1.29 is 9.80 Å². The van der Waals surface area contributed by atoms with Crippen LogP contribution in [-0.4, -0.2) is 64.1 Å². The third-order valence-corrected chi connectivity index (χ3v) is 9.85. The standard InChI is InChI=1S/C36H72N4/c1-3-5-7-9-15-19-27-37-35-23-31-39(32-24-35)29-21-17-13-11-12-14-18-22-30-40-33-25-36(26-34-40)38-28-20-16-10-8-6-4-2/h35,37H,3-34H2,1-2H3/p+2. The van der Waals surface area contributed by atoms with E-state index < -0.39 is 0 Å². The molecule has 0 aromatic rings. The molecule has 2 aliphatic rings. The van der Waals surface area contributed by atoms with Crippen LogP contribution in [0.1, 0.15) is 168 Å². The lowest BCUT2D eigenvalue weighted by Gasteiger charge is -2.30. The second-order valence-electron chi connectivity index (χ2n) is 13.5. The summed E-state index contributed by atoms with van der Waals surface area (Å²) < 4.78 is 0. The van der Waals surface area contributed by atoms with Crippen LogP contribution in [0.5, 0.6) is 0 Å². The second-order valence-corrected chi connectivity index (χ2v) is 13.5. The Morgan fingerprint density at radius 2 is 1.00 bits per heavy atom. The van der Waals surface area contributed by atoms with Gasteiger partial charge in [-0.2, -0.15) is 0 Å². The first kappa shape index (κ1) is 35.7. The van der Waals surface area contributed by atoms with Gasteiger partial charge >= 0.3 is 0 Å². The minimum atomic E-state index is 0.807. The van der Waals surface area contributed by atoms with Gasteiger partial charge in [-0.1, -0.05) is 104 Å². The molecule has 4 heteroatoms. The van der Waals surface area contributed by atoms with Crippen LogP contribution < -0.4 is 15.1 Å². The van der Waals surface area contributed by atoms with Crippen LogP contribution in [0.3, 0.4) is 0 Å². The van der Waals surface area contributed by atoms with Crippen molar-refractivity contribution in [3.05, 3.63) is 0 Å². The first-order chi connectivity index (χ1) is 19.8. The zero-order valence-electron chi connectivity index (χ0n) is 27.7. The highest BCUT2D eigenvalue weighted by Crippen LogP contribution is 2.09. The third kappa shape index (κ3) is 19.6. The van der Waals surface area contributed by atoms with Crippen molar-refractivity contribution in [2.24, 2.45) is 4.99 Å². The maximum absolute atomic E-state index is 4.94. The zero-order valence-corrected chi connectivity index (χ0v) is 27.7. The minimum Gasteiger partial charge on any atom is -0.335 e. The maximum atomic E-state index is 4.94. The van der Waals surface area contributed by atoms with Gasteiger partial charge in [0.15, 0.2) is 0 Å². The molecule has 0 radical (unpaired) electrons. The molecule has 2 heterocycles. The average molecular weight is 563 g/mol. The van der Waals surface area contributed by atoms with Crippen molar-refractivity contribution in [3.63, 3.8) is 0 Å².